The van der Waals surface area contributed by atoms with Crippen molar-refractivity contribution in [2.45, 2.75) is 31.9 Å². The van der Waals surface area contributed by atoms with Crippen LogP contribution >= 0.6 is 0 Å². The topological polar surface area (TPSA) is 161 Å². The van der Waals surface area contributed by atoms with E-state index in [1.54, 1.807) is 40.1 Å². The Balaban J connectivity index is 2.12. The van der Waals surface area contributed by atoms with E-state index in [9.17, 15) is 34.8 Å². The third-order valence-corrected chi connectivity index (χ3v) is 6.84. The molecule has 0 radical (unpaired) electrons. The quantitative estimate of drug-likeness (QED) is 0.428. The van der Waals surface area contributed by atoms with Crippen molar-refractivity contribution in [2.75, 3.05) is 14.1 Å². The molecule has 2 aromatic carbocycles. The number of aryl methyl sites for hydroxylation is 2. The number of amides is 1. The number of benzene rings is 2. The predicted molar refractivity (Wildman–Crippen MR) is 115 cm³/mol. The zero-order chi connectivity index (χ0) is 23.9. The Bertz CT molecular complexity index is 1280. The van der Waals surface area contributed by atoms with Crippen LogP contribution in [0, 0.1) is 19.8 Å². The second-order valence-corrected chi connectivity index (χ2v) is 8.75. The lowest BCUT2D eigenvalue weighted by atomic mass is 9.61. The monoisotopic (exact) mass is 440 g/mol. The fourth-order valence-electron chi connectivity index (χ4n) is 5.19. The second kappa shape index (κ2) is 6.78. The van der Waals surface area contributed by atoms with Crippen molar-refractivity contribution in [3.05, 3.63) is 45.7 Å². The number of phenols is 2. The number of primary amides is 1. The van der Waals surface area contributed by atoms with Crippen molar-refractivity contribution < 1.29 is 34.8 Å². The number of aliphatic hydroxyl groups excluding tert-OH is 1. The van der Waals surface area contributed by atoms with Crippen LogP contribution in [0.25, 0.3) is 10.8 Å². The highest BCUT2D eigenvalue weighted by Crippen LogP contribution is 2.51. The molecule has 1 amide bonds. The predicted octanol–water partition coefficient (Wildman–Crippen LogP) is 0.764. The molecule has 4 rings (SSSR count). The zero-order valence-corrected chi connectivity index (χ0v) is 18.1. The number of nitrogens with two attached hydrogens (primary N) is 1. The molecule has 0 aromatic heterocycles. The number of phenolic OH excluding ortho intramolecular Hbond substituents is 2. The number of hydrogen-bond donors (Lipinski definition) is 5. The van der Waals surface area contributed by atoms with E-state index < -0.39 is 52.1 Å². The highest BCUT2D eigenvalue weighted by atomic mass is 16.3. The van der Waals surface area contributed by atoms with Crippen molar-refractivity contribution in [3.63, 3.8) is 0 Å². The summed E-state index contributed by atoms with van der Waals surface area (Å²) in [6.45, 7) is 3.35. The third-order valence-electron chi connectivity index (χ3n) is 6.84. The van der Waals surface area contributed by atoms with Gasteiger partial charge < -0.3 is 26.2 Å². The Hall–Kier alpha value is -3.43. The Morgan fingerprint density at radius 1 is 1.12 bits per heavy atom. The minimum Gasteiger partial charge on any atom is -0.508 e. The molecule has 2 aromatic rings. The van der Waals surface area contributed by atoms with Crippen LogP contribution in [-0.2, 0) is 16.0 Å². The van der Waals surface area contributed by atoms with Gasteiger partial charge in [0.15, 0.2) is 11.4 Å². The van der Waals surface area contributed by atoms with E-state index in [2.05, 4.69) is 0 Å². The minimum atomic E-state index is -2.66. The molecule has 0 bridgehead atoms. The van der Waals surface area contributed by atoms with E-state index in [0.29, 0.717) is 22.1 Å². The van der Waals surface area contributed by atoms with Gasteiger partial charge in [-0.25, -0.2) is 0 Å². The second-order valence-electron chi connectivity index (χ2n) is 8.75. The number of carbonyl (C=O) groups excluding carboxylic acids is 3. The molecule has 0 saturated carbocycles. The van der Waals surface area contributed by atoms with E-state index in [1.807, 2.05) is 0 Å². The Morgan fingerprint density at radius 3 is 2.31 bits per heavy atom. The van der Waals surface area contributed by atoms with Crippen molar-refractivity contribution in [2.24, 2.45) is 11.7 Å². The van der Waals surface area contributed by atoms with Gasteiger partial charge in [0.2, 0.25) is 5.78 Å². The number of ketones is 2. The fraction of sp³-hybridized carbons (Fsp3) is 0.348. The third kappa shape index (κ3) is 2.49. The smallest absolute Gasteiger partial charge is 0.255 e. The summed E-state index contributed by atoms with van der Waals surface area (Å²) < 4.78 is 0. The summed E-state index contributed by atoms with van der Waals surface area (Å²) >= 11 is 0. The molecule has 0 unspecified atom stereocenters. The van der Waals surface area contributed by atoms with Gasteiger partial charge in [0.05, 0.1) is 17.0 Å². The summed E-state index contributed by atoms with van der Waals surface area (Å²) in [7, 11) is 3.10. The standard InChI is InChI=1S/C23H24N2O7/c1-8-5-6-10-9(2)11-7-12-16(25(3)4)19(28)15(22(24)31)21(30)23(12,32)20(29)14(11)18(27)13(10)17(8)26/h5-6,12,16,26-27,30,32H,7H2,1-4H3,(H2,24,31)/t12-,16+,23-/m0/s1. The largest absolute Gasteiger partial charge is 0.508 e. The lowest BCUT2D eigenvalue weighted by molar-refractivity contribution is -0.132. The van der Waals surface area contributed by atoms with E-state index in [0.717, 1.165) is 0 Å². The number of aliphatic hydroxyl groups is 2. The number of hydrogen-bond acceptors (Lipinski definition) is 8. The van der Waals surface area contributed by atoms with Gasteiger partial charge in [-0.05, 0) is 56.4 Å². The van der Waals surface area contributed by atoms with Crippen LogP contribution in [0.3, 0.4) is 0 Å². The minimum absolute atomic E-state index is 0.0475. The summed E-state index contributed by atoms with van der Waals surface area (Å²) in [5.74, 6) is -6.12. The van der Waals surface area contributed by atoms with Crippen molar-refractivity contribution in [3.8, 4) is 11.5 Å². The van der Waals surface area contributed by atoms with Gasteiger partial charge in [0, 0.05) is 5.92 Å². The number of Topliss-reactive ketones (excluding diaryl/α,β-unsaturated/α-hetero) is 2. The van der Waals surface area contributed by atoms with Crippen LogP contribution in [0.15, 0.2) is 23.5 Å². The highest BCUT2D eigenvalue weighted by molar-refractivity contribution is 6.25. The SMILES string of the molecule is Cc1ccc2c(C)c3c(c(O)c2c1O)C(=O)[C@]1(O)C(O)=C(C(N)=O)C(=O)[C@H](N(C)C)[C@@H]1C3. The summed E-state index contributed by atoms with van der Waals surface area (Å²) in [6, 6.07) is 2.26. The maximum absolute atomic E-state index is 13.7. The van der Waals surface area contributed by atoms with Crippen molar-refractivity contribution in [1.29, 1.82) is 0 Å². The van der Waals surface area contributed by atoms with Crippen LogP contribution in [0.1, 0.15) is 27.0 Å². The van der Waals surface area contributed by atoms with Crippen LogP contribution < -0.4 is 5.73 Å². The number of aromatic hydroxyl groups is 2. The Kier molecular flexibility index (Phi) is 4.62. The molecule has 168 valence electrons. The first-order chi connectivity index (χ1) is 14.8. The van der Waals surface area contributed by atoms with Gasteiger partial charge in [-0.3, -0.25) is 19.3 Å². The van der Waals surface area contributed by atoms with Crippen LogP contribution in [0.5, 0.6) is 11.5 Å². The number of fused-ring (bicyclic) bond motifs is 3. The van der Waals surface area contributed by atoms with Crippen LogP contribution in [0.4, 0.5) is 0 Å². The summed E-state index contributed by atoms with van der Waals surface area (Å²) in [6.07, 6.45) is -0.0494. The van der Waals surface area contributed by atoms with Crippen LogP contribution in [0.2, 0.25) is 0 Å². The normalized spacial score (nSPS) is 25.3. The van der Waals surface area contributed by atoms with Gasteiger partial charge >= 0.3 is 0 Å². The molecule has 9 heteroatoms. The number of likely N-dealkylation sites (N-methyl/N-ethyl adjacent to an activating group) is 1. The molecule has 2 aliphatic carbocycles. The average Bonchev–Trinajstić information content (AvgIpc) is 2.70. The number of carbonyl (C=O) groups is 3. The van der Waals surface area contributed by atoms with Crippen LogP contribution in [-0.4, -0.2) is 68.5 Å². The maximum atomic E-state index is 13.7. The molecule has 0 spiro atoms. The number of nitrogens with zero attached hydrogens (tertiary/aromatic N) is 1. The van der Waals surface area contributed by atoms with Gasteiger partial charge in [0.25, 0.3) is 5.91 Å². The Labute approximate surface area is 183 Å². The fourth-order valence-corrected chi connectivity index (χ4v) is 5.19. The summed E-state index contributed by atoms with van der Waals surface area (Å²) in [4.78, 5) is 40.1. The molecular weight excluding hydrogens is 416 g/mol. The lowest BCUT2D eigenvalue weighted by Crippen LogP contribution is -2.64. The van der Waals surface area contributed by atoms with E-state index >= 15 is 0 Å². The summed E-state index contributed by atoms with van der Waals surface area (Å²) in [5, 5.41) is 44.4. The van der Waals surface area contributed by atoms with Crippen molar-refractivity contribution in [1.82, 2.24) is 4.90 Å². The van der Waals surface area contributed by atoms with Gasteiger partial charge in [-0.15, -0.1) is 0 Å². The van der Waals surface area contributed by atoms with E-state index in [-0.39, 0.29) is 23.1 Å². The lowest BCUT2D eigenvalue weighted by Gasteiger charge is -2.47. The molecule has 9 nitrogen and oxygen atoms in total. The van der Waals surface area contributed by atoms with Crippen molar-refractivity contribution >= 4 is 28.2 Å². The average molecular weight is 440 g/mol. The molecule has 0 aliphatic heterocycles. The zero-order valence-electron chi connectivity index (χ0n) is 18.1. The maximum Gasteiger partial charge on any atom is 0.255 e. The molecule has 32 heavy (non-hydrogen) atoms. The number of rotatable bonds is 2. The highest BCUT2D eigenvalue weighted by Gasteiger charge is 2.62. The molecular formula is C23H24N2O7. The Morgan fingerprint density at radius 2 is 1.75 bits per heavy atom. The van der Waals surface area contributed by atoms with E-state index in [4.69, 9.17) is 5.73 Å². The van der Waals surface area contributed by atoms with Gasteiger partial charge in [-0.1, -0.05) is 12.1 Å². The van der Waals surface area contributed by atoms with Gasteiger partial charge in [-0.2, -0.15) is 0 Å². The first-order valence-electron chi connectivity index (χ1n) is 10.0. The molecule has 0 fully saturated rings. The molecule has 0 heterocycles. The van der Waals surface area contributed by atoms with Gasteiger partial charge in [0.1, 0.15) is 22.8 Å². The molecule has 2 aliphatic rings. The first kappa shape index (κ1) is 21.8. The molecule has 0 saturated heterocycles. The summed E-state index contributed by atoms with van der Waals surface area (Å²) in [5.41, 5.74) is 3.00. The first-order valence-corrected chi connectivity index (χ1v) is 10.0. The molecule has 6 N–H and O–H groups in total. The molecule has 3 atom stereocenters. The van der Waals surface area contributed by atoms with E-state index in [1.165, 1.54) is 4.90 Å².